The molecule has 4 heterocycles. The van der Waals surface area contributed by atoms with E-state index in [-0.39, 0.29) is 0 Å². The van der Waals surface area contributed by atoms with Crippen molar-refractivity contribution in [2.75, 3.05) is 13.1 Å². The minimum Gasteiger partial charge on any atom is -0.419 e. The van der Waals surface area contributed by atoms with Gasteiger partial charge in [-0.2, -0.15) is 0 Å². The van der Waals surface area contributed by atoms with Gasteiger partial charge in [0.15, 0.2) is 0 Å². The van der Waals surface area contributed by atoms with Gasteiger partial charge >= 0.3 is 0 Å². The lowest BCUT2D eigenvalue weighted by atomic mass is 10.1. The van der Waals surface area contributed by atoms with Gasteiger partial charge in [-0.3, -0.25) is 4.90 Å². The number of rotatable bonds is 4. The SMILES string of the molecule is Cn1cncc1-c1nnc(C2CCN(Cc3cccs3)C2)o1. The predicted molar refractivity (Wildman–Crippen MR) is 83.5 cm³/mol. The first-order valence-corrected chi connectivity index (χ1v) is 8.22. The molecule has 0 aliphatic carbocycles. The van der Waals surface area contributed by atoms with Gasteiger partial charge < -0.3 is 8.98 Å². The molecule has 22 heavy (non-hydrogen) atoms. The number of likely N-dealkylation sites (tertiary alicyclic amines) is 1. The van der Waals surface area contributed by atoms with Crippen LogP contribution in [0.2, 0.25) is 0 Å². The van der Waals surface area contributed by atoms with Crippen molar-refractivity contribution in [1.29, 1.82) is 0 Å². The van der Waals surface area contributed by atoms with Crippen molar-refractivity contribution in [1.82, 2.24) is 24.6 Å². The monoisotopic (exact) mass is 315 g/mol. The van der Waals surface area contributed by atoms with Crippen LogP contribution in [-0.2, 0) is 13.6 Å². The number of aryl methyl sites for hydroxylation is 1. The van der Waals surface area contributed by atoms with Crippen LogP contribution in [0.4, 0.5) is 0 Å². The van der Waals surface area contributed by atoms with E-state index in [1.165, 1.54) is 4.88 Å². The molecule has 1 unspecified atom stereocenters. The molecule has 0 bridgehead atoms. The summed E-state index contributed by atoms with van der Waals surface area (Å²) < 4.78 is 7.75. The normalized spacial score (nSPS) is 19.0. The Labute approximate surface area is 132 Å². The molecule has 0 saturated carbocycles. The summed E-state index contributed by atoms with van der Waals surface area (Å²) in [5, 5.41) is 10.5. The third-order valence-electron chi connectivity index (χ3n) is 4.06. The van der Waals surface area contributed by atoms with Crippen molar-refractivity contribution >= 4 is 11.3 Å². The Hall–Kier alpha value is -1.99. The van der Waals surface area contributed by atoms with Crippen LogP contribution in [0.25, 0.3) is 11.6 Å². The summed E-state index contributed by atoms with van der Waals surface area (Å²) in [6.07, 6.45) is 4.55. The lowest BCUT2D eigenvalue weighted by Crippen LogP contribution is -2.19. The van der Waals surface area contributed by atoms with Gasteiger partial charge in [-0.05, 0) is 24.4 Å². The smallest absolute Gasteiger partial charge is 0.265 e. The first-order chi connectivity index (χ1) is 10.8. The van der Waals surface area contributed by atoms with Crippen molar-refractivity contribution in [2.45, 2.75) is 18.9 Å². The van der Waals surface area contributed by atoms with Gasteiger partial charge in [0, 0.05) is 25.0 Å². The van der Waals surface area contributed by atoms with Crippen LogP contribution >= 0.6 is 11.3 Å². The van der Waals surface area contributed by atoms with Crippen molar-refractivity contribution < 1.29 is 4.42 Å². The highest BCUT2D eigenvalue weighted by Crippen LogP contribution is 2.29. The molecule has 6 nitrogen and oxygen atoms in total. The second-order valence-electron chi connectivity index (χ2n) is 5.64. The van der Waals surface area contributed by atoms with E-state index >= 15 is 0 Å². The van der Waals surface area contributed by atoms with Gasteiger partial charge in [-0.1, -0.05) is 6.07 Å². The molecular weight excluding hydrogens is 298 g/mol. The summed E-state index contributed by atoms with van der Waals surface area (Å²) in [7, 11) is 1.92. The Kier molecular flexibility index (Phi) is 3.51. The second kappa shape index (κ2) is 5.66. The number of imidazole rings is 1. The van der Waals surface area contributed by atoms with Gasteiger partial charge in [-0.25, -0.2) is 4.98 Å². The van der Waals surface area contributed by atoms with Crippen LogP contribution in [-0.4, -0.2) is 37.7 Å². The number of thiophene rings is 1. The van der Waals surface area contributed by atoms with Crippen LogP contribution in [0.15, 0.2) is 34.5 Å². The van der Waals surface area contributed by atoms with E-state index in [1.54, 1.807) is 12.5 Å². The summed E-state index contributed by atoms with van der Waals surface area (Å²) >= 11 is 1.81. The lowest BCUT2D eigenvalue weighted by molar-refractivity contribution is 0.323. The van der Waals surface area contributed by atoms with Crippen LogP contribution in [0.5, 0.6) is 0 Å². The molecule has 114 valence electrons. The number of aromatic nitrogens is 4. The third-order valence-corrected chi connectivity index (χ3v) is 4.92. The molecule has 0 aromatic carbocycles. The second-order valence-corrected chi connectivity index (χ2v) is 6.67. The Morgan fingerprint density at radius 3 is 3.14 bits per heavy atom. The minimum absolute atomic E-state index is 0.328. The van der Waals surface area contributed by atoms with Gasteiger partial charge in [0.1, 0.15) is 5.69 Å². The summed E-state index contributed by atoms with van der Waals surface area (Å²) in [6, 6.07) is 4.29. The molecule has 0 N–H and O–H groups in total. The summed E-state index contributed by atoms with van der Waals surface area (Å²) in [6.45, 7) is 3.06. The zero-order valence-electron chi connectivity index (χ0n) is 12.3. The molecule has 1 atom stereocenters. The summed E-state index contributed by atoms with van der Waals surface area (Å²) in [5.41, 5.74) is 0.854. The molecule has 1 aliphatic heterocycles. The minimum atomic E-state index is 0.328. The highest BCUT2D eigenvalue weighted by atomic mass is 32.1. The van der Waals surface area contributed by atoms with Crippen molar-refractivity contribution in [2.24, 2.45) is 7.05 Å². The Morgan fingerprint density at radius 1 is 1.41 bits per heavy atom. The van der Waals surface area contributed by atoms with Crippen molar-refractivity contribution in [3.63, 3.8) is 0 Å². The molecular formula is C15H17N5OS. The molecule has 3 aromatic heterocycles. The average molecular weight is 315 g/mol. The van der Waals surface area contributed by atoms with Gasteiger partial charge in [-0.15, -0.1) is 21.5 Å². The molecule has 3 aromatic rings. The van der Waals surface area contributed by atoms with E-state index in [0.29, 0.717) is 11.8 Å². The highest BCUT2D eigenvalue weighted by molar-refractivity contribution is 7.09. The standard InChI is InChI=1S/C15H17N5OS/c1-19-10-16-7-13(19)15-18-17-14(21-15)11-4-5-20(8-11)9-12-3-2-6-22-12/h2-3,6-7,10-11H,4-5,8-9H2,1H3. The summed E-state index contributed by atoms with van der Waals surface area (Å²) in [5.74, 6) is 1.62. The molecule has 0 spiro atoms. The van der Waals surface area contributed by atoms with E-state index in [2.05, 4.69) is 37.6 Å². The molecule has 0 radical (unpaired) electrons. The van der Waals surface area contributed by atoms with Crippen molar-refractivity contribution in [3.05, 3.63) is 40.8 Å². The van der Waals surface area contributed by atoms with Crippen molar-refractivity contribution in [3.8, 4) is 11.6 Å². The average Bonchev–Trinajstić information content (AvgIpc) is 3.25. The Balaban J connectivity index is 1.45. The zero-order chi connectivity index (χ0) is 14.9. The predicted octanol–water partition coefficient (Wildman–Crippen LogP) is 2.52. The Morgan fingerprint density at radius 2 is 2.36 bits per heavy atom. The fraction of sp³-hybridized carbons (Fsp3) is 0.400. The van der Waals surface area contributed by atoms with Gasteiger partial charge in [0.25, 0.3) is 5.89 Å². The Bertz CT molecular complexity index is 748. The molecule has 7 heteroatoms. The third kappa shape index (κ3) is 2.57. The van der Waals surface area contributed by atoms with Gasteiger partial charge in [0.05, 0.1) is 18.4 Å². The zero-order valence-corrected chi connectivity index (χ0v) is 13.2. The largest absolute Gasteiger partial charge is 0.419 e. The van der Waals surface area contributed by atoms with E-state index in [4.69, 9.17) is 4.42 Å². The van der Waals surface area contributed by atoms with Crippen LogP contribution < -0.4 is 0 Å². The maximum atomic E-state index is 5.87. The number of hydrogen-bond donors (Lipinski definition) is 0. The molecule has 1 aliphatic rings. The molecule has 4 rings (SSSR count). The number of nitrogens with zero attached hydrogens (tertiary/aromatic N) is 5. The molecule has 1 fully saturated rings. The van der Waals surface area contributed by atoms with Crippen LogP contribution in [0.1, 0.15) is 23.1 Å². The van der Waals surface area contributed by atoms with Gasteiger partial charge in [0.2, 0.25) is 5.89 Å². The molecule has 1 saturated heterocycles. The topological polar surface area (TPSA) is 60.0 Å². The maximum Gasteiger partial charge on any atom is 0.265 e. The van der Waals surface area contributed by atoms with Crippen LogP contribution in [0.3, 0.4) is 0 Å². The summed E-state index contributed by atoms with van der Waals surface area (Å²) in [4.78, 5) is 7.94. The van der Waals surface area contributed by atoms with E-state index in [0.717, 1.165) is 37.6 Å². The highest BCUT2D eigenvalue weighted by Gasteiger charge is 2.28. The van der Waals surface area contributed by atoms with E-state index in [9.17, 15) is 0 Å². The molecule has 0 amide bonds. The first kappa shape index (κ1) is 13.7. The maximum absolute atomic E-state index is 5.87. The van der Waals surface area contributed by atoms with E-state index in [1.807, 2.05) is 23.0 Å². The number of hydrogen-bond acceptors (Lipinski definition) is 6. The van der Waals surface area contributed by atoms with E-state index < -0.39 is 0 Å². The quantitative estimate of drug-likeness (QED) is 0.740. The fourth-order valence-corrected chi connectivity index (χ4v) is 3.61. The lowest BCUT2D eigenvalue weighted by Gasteiger charge is -2.13. The van der Waals surface area contributed by atoms with Crippen LogP contribution in [0, 0.1) is 0 Å². The fourth-order valence-electron chi connectivity index (χ4n) is 2.87. The first-order valence-electron chi connectivity index (χ1n) is 7.34.